The first-order valence-electron chi connectivity index (χ1n) is 9.81. The number of carbonyl (C=O) groups is 2. The Labute approximate surface area is 192 Å². The fourth-order valence-electron chi connectivity index (χ4n) is 2.92. The summed E-state index contributed by atoms with van der Waals surface area (Å²) in [5.74, 6) is -0.0282. The summed E-state index contributed by atoms with van der Waals surface area (Å²) < 4.78 is 5.92. The molecule has 160 valence electrons. The summed E-state index contributed by atoms with van der Waals surface area (Å²) in [6, 6.07) is 16.4. The number of nitrogens with zero attached hydrogens (tertiary/aromatic N) is 1. The molecule has 0 saturated carbocycles. The fraction of sp³-hybridized carbons (Fsp3) is 0.240. The van der Waals surface area contributed by atoms with Crippen LogP contribution in [0.3, 0.4) is 0 Å². The van der Waals surface area contributed by atoms with Gasteiger partial charge in [0.15, 0.2) is 5.78 Å². The Kier molecular flexibility index (Phi) is 6.83. The quantitative estimate of drug-likeness (QED) is 0.362. The minimum Gasteiger partial charge on any atom is -0.476 e. The summed E-state index contributed by atoms with van der Waals surface area (Å²) >= 11 is 12.5. The number of rotatable bonds is 7. The van der Waals surface area contributed by atoms with E-state index in [1.165, 1.54) is 13.8 Å². The lowest BCUT2D eigenvalue weighted by atomic mass is 9.90. The van der Waals surface area contributed by atoms with Crippen molar-refractivity contribution in [3.63, 3.8) is 0 Å². The molecule has 1 heterocycles. The topological polar surface area (TPSA) is 56.3 Å². The predicted molar refractivity (Wildman–Crippen MR) is 125 cm³/mol. The molecule has 0 fully saturated rings. The highest BCUT2D eigenvalue weighted by Gasteiger charge is 2.27. The van der Waals surface area contributed by atoms with E-state index in [1.54, 1.807) is 38.1 Å². The first-order chi connectivity index (χ1) is 14.6. The van der Waals surface area contributed by atoms with Crippen molar-refractivity contribution in [1.82, 2.24) is 4.98 Å². The number of hydrogen-bond donors (Lipinski definition) is 0. The molecule has 3 rings (SSSR count). The average molecular weight is 456 g/mol. The number of ether oxygens (including phenoxy) is 1. The second kappa shape index (κ2) is 9.21. The Hall–Kier alpha value is -2.69. The van der Waals surface area contributed by atoms with Crippen molar-refractivity contribution >= 4 is 34.8 Å². The van der Waals surface area contributed by atoms with Crippen molar-refractivity contribution in [2.45, 2.75) is 27.7 Å². The van der Waals surface area contributed by atoms with Gasteiger partial charge in [0.05, 0.1) is 16.7 Å². The van der Waals surface area contributed by atoms with Crippen molar-refractivity contribution in [1.29, 1.82) is 0 Å². The molecule has 0 radical (unpaired) electrons. The molecule has 3 aromatic rings. The second-order valence-corrected chi connectivity index (χ2v) is 8.85. The number of benzene rings is 2. The summed E-state index contributed by atoms with van der Waals surface area (Å²) in [5.41, 5.74) is 2.47. The van der Waals surface area contributed by atoms with E-state index in [2.05, 4.69) is 0 Å². The van der Waals surface area contributed by atoms with E-state index in [-0.39, 0.29) is 24.1 Å². The van der Waals surface area contributed by atoms with Gasteiger partial charge in [0.25, 0.3) is 0 Å². The maximum absolute atomic E-state index is 12.4. The molecule has 0 unspecified atom stereocenters. The molecule has 0 N–H and O–H groups in total. The molecule has 0 aliphatic heterocycles. The predicted octanol–water partition coefficient (Wildman–Crippen LogP) is 6.92. The van der Waals surface area contributed by atoms with Crippen LogP contribution in [0.1, 0.15) is 38.1 Å². The number of ketones is 2. The summed E-state index contributed by atoms with van der Waals surface area (Å²) in [4.78, 5) is 29.1. The summed E-state index contributed by atoms with van der Waals surface area (Å²) in [7, 11) is 0. The van der Waals surface area contributed by atoms with Crippen molar-refractivity contribution in [2.24, 2.45) is 5.41 Å². The SMILES string of the molecule is CC(=O)c1cc(-c2ccc(Cl)cc2)c(-c2ccccc2Cl)nc1OCC(C)(C)C(C)=O. The van der Waals surface area contributed by atoms with Gasteiger partial charge in [-0.05, 0) is 57.5 Å². The molecule has 0 aliphatic carbocycles. The number of hydrogen-bond acceptors (Lipinski definition) is 4. The lowest BCUT2D eigenvalue weighted by Gasteiger charge is -2.22. The van der Waals surface area contributed by atoms with Gasteiger partial charge in [-0.1, -0.05) is 53.5 Å². The number of aromatic nitrogens is 1. The van der Waals surface area contributed by atoms with Crippen LogP contribution in [-0.2, 0) is 4.79 Å². The molecular formula is C25H23Cl2NO3. The maximum Gasteiger partial charge on any atom is 0.225 e. The van der Waals surface area contributed by atoms with E-state index < -0.39 is 5.41 Å². The van der Waals surface area contributed by atoms with Gasteiger partial charge < -0.3 is 4.74 Å². The van der Waals surface area contributed by atoms with Gasteiger partial charge in [0.2, 0.25) is 5.88 Å². The van der Waals surface area contributed by atoms with Crippen molar-refractivity contribution in [2.75, 3.05) is 6.61 Å². The molecule has 31 heavy (non-hydrogen) atoms. The minimum atomic E-state index is -0.713. The molecule has 0 bridgehead atoms. The monoisotopic (exact) mass is 455 g/mol. The van der Waals surface area contributed by atoms with Gasteiger partial charge in [-0.2, -0.15) is 0 Å². The van der Waals surface area contributed by atoms with Gasteiger partial charge >= 0.3 is 0 Å². The van der Waals surface area contributed by atoms with Crippen molar-refractivity contribution in [3.8, 4) is 28.3 Å². The van der Waals surface area contributed by atoms with Crippen molar-refractivity contribution in [3.05, 3.63) is 70.2 Å². The van der Waals surface area contributed by atoms with E-state index in [0.717, 1.165) is 11.1 Å². The van der Waals surface area contributed by atoms with E-state index in [1.807, 2.05) is 30.3 Å². The summed E-state index contributed by atoms with van der Waals surface area (Å²) in [5, 5.41) is 1.13. The van der Waals surface area contributed by atoms with Gasteiger partial charge in [-0.15, -0.1) is 0 Å². The molecule has 0 aliphatic rings. The molecule has 1 aromatic heterocycles. The highest BCUT2D eigenvalue weighted by molar-refractivity contribution is 6.33. The second-order valence-electron chi connectivity index (χ2n) is 8.01. The maximum atomic E-state index is 12.4. The molecule has 6 heteroatoms. The van der Waals surface area contributed by atoms with Gasteiger partial charge in [0, 0.05) is 21.2 Å². The zero-order valence-corrected chi connectivity index (χ0v) is 19.3. The van der Waals surface area contributed by atoms with Crippen LogP contribution in [0.5, 0.6) is 5.88 Å². The third-order valence-corrected chi connectivity index (χ3v) is 5.76. The normalized spacial score (nSPS) is 11.3. The Morgan fingerprint density at radius 2 is 1.61 bits per heavy atom. The number of halogens is 2. The molecule has 2 aromatic carbocycles. The zero-order chi connectivity index (χ0) is 22.8. The Morgan fingerprint density at radius 1 is 0.968 bits per heavy atom. The van der Waals surface area contributed by atoms with Crippen LogP contribution in [-0.4, -0.2) is 23.2 Å². The molecular weight excluding hydrogens is 433 g/mol. The standard InChI is InChI=1S/C25H23Cl2NO3/c1-15(29)20-13-21(17-9-11-18(26)12-10-17)23(19-7-5-6-8-22(19)27)28-24(20)31-14-25(3,4)16(2)30/h5-13H,14H2,1-4H3. The Bertz CT molecular complexity index is 1140. The first-order valence-corrected chi connectivity index (χ1v) is 10.6. The Balaban J connectivity index is 2.22. The first kappa shape index (κ1) is 23.0. The Morgan fingerprint density at radius 3 is 2.19 bits per heavy atom. The highest BCUT2D eigenvalue weighted by atomic mass is 35.5. The van der Waals surface area contributed by atoms with E-state index >= 15 is 0 Å². The van der Waals surface area contributed by atoms with Crippen LogP contribution >= 0.6 is 23.2 Å². The summed E-state index contributed by atoms with van der Waals surface area (Å²) in [6.07, 6.45) is 0. The van der Waals surface area contributed by atoms with Crippen LogP contribution in [0.4, 0.5) is 0 Å². The van der Waals surface area contributed by atoms with Crippen LogP contribution < -0.4 is 4.74 Å². The van der Waals surface area contributed by atoms with Crippen LogP contribution in [0.2, 0.25) is 10.0 Å². The number of pyridine rings is 1. The smallest absolute Gasteiger partial charge is 0.225 e. The molecule has 4 nitrogen and oxygen atoms in total. The fourth-order valence-corrected chi connectivity index (χ4v) is 3.27. The van der Waals surface area contributed by atoms with Crippen LogP contribution in [0.25, 0.3) is 22.4 Å². The van der Waals surface area contributed by atoms with Crippen molar-refractivity contribution < 1.29 is 14.3 Å². The lowest BCUT2D eigenvalue weighted by Crippen LogP contribution is -2.29. The zero-order valence-electron chi connectivity index (χ0n) is 17.8. The molecule has 0 spiro atoms. The van der Waals surface area contributed by atoms with Gasteiger partial charge in [-0.25, -0.2) is 4.98 Å². The largest absolute Gasteiger partial charge is 0.476 e. The average Bonchev–Trinajstić information content (AvgIpc) is 2.72. The van der Waals surface area contributed by atoms with E-state index in [0.29, 0.717) is 26.9 Å². The number of carbonyl (C=O) groups excluding carboxylic acids is 2. The third-order valence-electron chi connectivity index (χ3n) is 5.17. The molecule has 0 atom stereocenters. The van der Waals surface area contributed by atoms with Crippen LogP contribution in [0, 0.1) is 5.41 Å². The highest BCUT2D eigenvalue weighted by Crippen LogP contribution is 2.38. The van der Waals surface area contributed by atoms with Gasteiger partial charge in [-0.3, -0.25) is 9.59 Å². The third kappa shape index (κ3) is 5.15. The minimum absolute atomic E-state index is 0.0130. The molecule has 0 amide bonds. The number of Topliss-reactive ketones (excluding diaryl/α,β-unsaturated/α-hetero) is 2. The lowest BCUT2D eigenvalue weighted by molar-refractivity contribution is -0.126. The summed E-state index contributed by atoms with van der Waals surface area (Å²) in [6.45, 7) is 6.65. The van der Waals surface area contributed by atoms with E-state index in [9.17, 15) is 9.59 Å². The van der Waals surface area contributed by atoms with Gasteiger partial charge in [0.1, 0.15) is 12.4 Å². The van der Waals surface area contributed by atoms with Crippen LogP contribution in [0.15, 0.2) is 54.6 Å². The molecule has 0 saturated heterocycles. The van der Waals surface area contributed by atoms with E-state index in [4.69, 9.17) is 32.9 Å².